The van der Waals surface area contributed by atoms with Crippen molar-refractivity contribution in [2.45, 2.75) is 37.6 Å². The van der Waals surface area contributed by atoms with E-state index >= 15 is 0 Å². The summed E-state index contributed by atoms with van der Waals surface area (Å²) in [5, 5.41) is 2.66. The lowest BCUT2D eigenvalue weighted by atomic mass is 9.87. The van der Waals surface area contributed by atoms with E-state index in [9.17, 15) is 13.6 Å². The standard InChI is InChI=1S/C18H24F2N2O4/c1-24-15-7-9-22(12-18(15)8-4-10-25-18)11-16(23)21-13-5-2-3-6-14(13)26-17(19)20/h2-3,5-6,15,17H,4,7-12H2,1H3,(H,21,23)/t15-,18-/m0/s1. The van der Waals surface area contributed by atoms with E-state index in [1.165, 1.54) is 12.1 Å². The average Bonchev–Trinajstić information content (AvgIpc) is 3.05. The fraction of sp³-hybridized carbons (Fsp3) is 0.611. The zero-order valence-corrected chi connectivity index (χ0v) is 14.7. The molecule has 8 heteroatoms. The Labute approximate surface area is 151 Å². The molecule has 0 saturated carbocycles. The molecule has 1 aromatic carbocycles. The largest absolute Gasteiger partial charge is 0.433 e. The smallest absolute Gasteiger partial charge is 0.387 e. The van der Waals surface area contributed by atoms with Crippen LogP contribution in [0.3, 0.4) is 0 Å². The van der Waals surface area contributed by atoms with Crippen LogP contribution >= 0.6 is 0 Å². The predicted molar refractivity (Wildman–Crippen MR) is 91.5 cm³/mol. The summed E-state index contributed by atoms with van der Waals surface area (Å²) in [6.07, 6.45) is 2.71. The Kier molecular flexibility index (Phi) is 6.05. The molecule has 0 aromatic heterocycles. The number of benzene rings is 1. The van der Waals surface area contributed by atoms with Crippen LogP contribution in [-0.4, -0.2) is 62.5 Å². The number of hydrogen-bond donors (Lipinski definition) is 1. The van der Waals surface area contributed by atoms with Gasteiger partial charge in [0.15, 0.2) is 0 Å². The number of piperidine rings is 1. The summed E-state index contributed by atoms with van der Waals surface area (Å²) in [4.78, 5) is 14.4. The Hall–Kier alpha value is -1.77. The predicted octanol–water partition coefficient (Wildman–Crippen LogP) is 2.50. The van der Waals surface area contributed by atoms with Crippen LogP contribution < -0.4 is 10.1 Å². The van der Waals surface area contributed by atoms with Crippen LogP contribution in [0.1, 0.15) is 19.3 Å². The molecule has 2 heterocycles. The van der Waals surface area contributed by atoms with Crippen molar-refractivity contribution in [2.24, 2.45) is 0 Å². The highest BCUT2D eigenvalue weighted by molar-refractivity contribution is 5.93. The molecule has 2 aliphatic rings. The number of amides is 1. The van der Waals surface area contributed by atoms with Gasteiger partial charge in [0.1, 0.15) is 11.4 Å². The number of likely N-dealkylation sites (tertiary alicyclic amines) is 1. The summed E-state index contributed by atoms with van der Waals surface area (Å²) in [7, 11) is 1.69. The van der Waals surface area contributed by atoms with Crippen LogP contribution in [0.15, 0.2) is 24.3 Å². The summed E-state index contributed by atoms with van der Waals surface area (Å²) in [6, 6.07) is 6.16. The molecule has 2 saturated heterocycles. The van der Waals surface area contributed by atoms with E-state index in [1.54, 1.807) is 19.2 Å². The molecule has 26 heavy (non-hydrogen) atoms. The van der Waals surface area contributed by atoms with Crippen molar-refractivity contribution in [3.8, 4) is 5.75 Å². The Morgan fingerprint density at radius 3 is 2.96 bits per heavy atom. The van der Waals surface area contributed by atoms with E-state index in [4.69, 9.17) is 9.47 Å². The fourth-order valence-corrected chi connectivity index (χ4v) is 3.85. The molecular formula is C18H24F2N2O4. The Morgan fingerprint density at radius 2 is 2.27 bits per heavy atom. The minimum Gasteiger partial charge on any atom is -0.433 e. The summed E-state index contributed by atoms with van der Waals surface area (Å²) in [5.41, 5.74) is -0.124. The normalized spacial score (nSPS) is 26.4. The molecule has 3 rings (SSSR count). The molecule has 6 nitrogen and oxygen atoms in total. The van der Waals surface area contributed by atoms with Crippen LogP contribution in [0.2, 0.25) is 0 Å². The number of carbonyl (C=O) groups excluding carboxylic acids is 1. The first-order valence-electron chi connectivity index (χ1n) is 8.75. The van der Waals surface area contributed by atoms with E-state index in [1.807, 2.05) is 4.90 Å². The minimum atomic E-state index is -2.94. The second-order valence-electron chi connectivity index (χ2n) is 6.66. The van der Waals surface area contributed by atoms with Gasteiger partial charge in [0, 0.05) is 26.8 Å². The van der Waals surface area contributed by atoms with Crippen LogP contribution in [0.5, 0.6) is 5.75 Å². The van der Waals surface area contributed by atoms with Gasteiger partial charge in [-0.05, 0) is 31.4 Å². The van der Waals surface area contributed by atoms with Gasteiger partial charge >= 0.3 is 6.61 Å². The zero-order chi connectivity index (χ0) is 18.6. The molecule has 2 atom stereocenters. The molecule has 0 radical (unpaired) electrons. The number of carbonyl (C=O) groups is 1. The highest BCUT2D eigenvalue weighted by atomic mass is 19.3. The van der Waals surface area contributed by atoms with Crippen molar-refractivity contribution < 1.29 is 27.8 Å². The topological polar surface area (TPSA) is 60.0 Å². The summed E-state index contributed by atoms with van der Waals surface area (Å²) in [5.74, 6) is -0.330. The maximum absolute atomic E-state index is 12.5. The van der Waals surface area contributed by atoms with E-state index in [-0.39, 0.29) is 35.6 Å². The maximum Gasteiger partial charge on any atom is 0.387 e. The van der Waals surface area contributed by atoms with Gasteiger partial charge in [-0.15, -0.1) is 0 Å². The number of nitrogens with zero attached hydrogens (tertiary/aromatic N) is 1. The number of anilines is 1. The summed E-state index contributed by atoms with van der Waals surface area (Å²) >= 11 is 0. The van der Waals surface area contributed by atoms with Gasteiger partial charge in [-0.2, -0.15) is 8.78 Å². The third kappa shape index (κ3) is 4.31. The lowest BCUT2D eigenvalue weighted by Gasteiger charge is -2.44. The molecule has 1 aromatic rings. The number of rotatable bonds is 6. The van der Waals surface area contributed by atoms with Gasteiger partial charge in [-0.25, -0.2) is 0 Å². The van der Waals surface area contributed by atoms with Crippen molar-refractivity contribution in [1.82, 2.24) is 4.90 Å². The first-order chi connectivity index (χ1) is 12.5. The number of para-hydroxylation sites is 2. The number of halogens is 2. The molecule has 2 aliphatic heterocycles. The van der Waals surface area contributed by atoms with Crippen molar-refractivity contribution in [2.75, 3.05) is 38.7 Å². The lowest BCUT2D eigenvalue weighted by Crippen LogP contribution is -2.58. The van der Waals surface area contributed by atoms with Crippen LogP contribution in [-0.2, 0) is 14.3 Å². The van der Waals surface area contributed by atoms with Crippen LogP contribution in [0, 0.1) is 0 Å². The number of methoxy groups -OCH3 is 1. The van der Waals surface area contributed by atoms with Crippen molar-refractivity contribution in [3.05, 3.63) is 24.3 Å². The molecule has 1 N–H and O–H groups in total. The van der Waals surface area contributed by atoms with E-state index < -0.39 is 6.61 Å². The summed E-state index contributed by atoms with van der Waals surface area (Å²) < 4.78 is 41.0. The van der Waals surface area contributed by atoms with Gasteiger partial charge in [0.05, 0.1) is 18.3 Å². The quantitative estimate of drug-likeness (QED) is 0.834. The van der Waals surface area contributed by atoms with Crippen LogP contribution in [0.25, 0.3) is 0 Å². The Bertz CT molecular complexity index is 623. The third-order valence-electron chi connectivity index (χ3n) is 4.95. The van der Waals surface area contributed by atoms with Crippen molar-refractivity contribution >= 4 is 11.6 Å². The highest BCUT2D eigenvalue weighted by Crippen LogP contribution is 2.36. The molecule has 0 bridgehead atoms. The molecule has 2 fully saturated rings. The van der Waals surface area contributed by atoms with Crippen molar-refractivity contribution in [3.63, 3.8) is 0 Å². The first-order valence-corrected chi connectivity index (χ1v) is 8.75. The second-order valence-corrected chi connectivity index (χ2v) is 6.66. The first kappa shape index (κ1) is 19.0. The number of alkyl halides is 2. The average molecular weight is 370 g/mol. The van der Waals surface area contributed by atoms with E-state index in [2.05, 4.69) is 10.1 Å². The number of ether oxygens (including phenoxy) is 3. The van der Waals surface area contributed by atoms with Gasteiger partial charge in [0.2, 0.25) is 5.91 Å². The monoisotopic (exact) mass is 370 g/mol. The Morgan fingerprint density at radius 1 is 1.46 bits per heavy atom. The molecule has 144 valence electrons. The Balaban J connectivity index is 1.60. The molecule has 1 amide bonds. The SMILES string of the molecule is CO[C@H]1CCN(CC(=O)Nc2ccccc2OC(F)F)C[C@@]12CCCO2. The van der Waals surface area contributed by atoms with Crippen LogP contribution in [0.4, 0.5) is 14.5 Å². The van der Waals surface area contributed by atoms with Crippen molar-refractivity contribution in [1.29, 1.82) is 0 Å². The maximum atomic E-state index is 12.5. The van der Waals surface area contributed by atoms with Gasteiger partial charge in [-0.1, -0.05) is 12.1 Å². The highest BCUT2D eigenvalue weighted by Gasteiger charge is 2.47. The molecular weight excluding hydrogens is 346 g/mol. The lowest BCUT2D eigenvalue weighted by molar-refractivity contribution is -0.146. The number of hydrogen-bond acceptors (Lipinski definition) is 5. The van der Waals surface area contributed by atoms with Gasteiger partial charge in [-0.3, -0.25) is 9.69 Å². The van der Waals surface area contributed by atoms with E-state index in [0.717, 1.165) is 19.3 Å². The number of nitrogens with one attached hydrogen (secondary N) is 1. The molecule has 0 unspecified atom stereocenters. The molecule has 0 aliphatic carbocycles. The minimum absolute atomic E-state index is 0.0319. The van der Waals surface area contributed by atoms with E-state index in [0.29, 0.717) is 19.7 Å². The van der Waals surface area contributed by atoms with Gasteiger partial charge in [0.25, 0.3) is 0 Å². The third-order valence-corrected chi connectivity index (χ3v) is 4.95. The fourth-order valence-electron chi connectivity index (χ4n) is 3.85. The summed E-state index contributed by atoms with van der Waals surface area (Å²) in [6.45, 7) is -0.746. The second kappa shape index (κ2) is 8.28. The van der Waals surface area contributed by atoms with Gasteiger partial charge < -0.3 is 19.5 Å². The molecule has 1 spiro atoms. The zero-order valence-electron chi connectivity index (χ0n) is 14.7.